The lowest BCUT2D eigenvalue weighted by molar-refractivity contribution is -0.129. The highest BCUT2D eigenvalue weighted by molar-refractivity contribution is 5.81. The number of guanidine groups is 1. The molecule has 1 aromatic heterocycles. The Kier molecular flexibility index (Phi) is 6.84. The first kappa shape index (κ1) is 19.4. The molecular formula is C19H29FN6O. The number of aliphatic imine (C=N–C) groups is 1. The van der Waals surface area contributed by atoms with Crippen LogP contribution in [-0.2, 0) is 4.79 Å². The summed E-state index contributed by atoms with van der Waals surface area (Å²) in [5.74, 6) is 1.00. The maximum Gasteiger partial charge on any atom is 0.224 e. The number of likely N-dealkylation sites (tertiary alicyclic amines) is 1. The minimum atomic E-state index is -0.292. The third-order valence-corrected chi connectivity index (χ3v) is 4.97. The van der Waals surface area contributed by atoms with Gasteiger partial charge in [-0.15, -0.1) is 0 Å². The third-order valence-electron chi connectivity index (χ3n) is 4.97. The van der Waals surface area contributed by atoms with Gasteiger partial charge in [-0.25, -0.2) is 9.37 Å². The fourth-order valence-electron chi connectivity index (χ4n) is 3.58. The van der Waals surface area contributed by atoms with Gasteiger partial charge < -0.3 is 20.4 Å². The summed E-state index contributed by atoms with van der Waals surface area (Å²) < 4.78 is 13.9. The molecule has 3 rings (SSSR count). The summed E-state index contributed by atoms with van der Waals surface area (Å²) in [6.45, 7) is 6.40. The molecule has 2 aliphatic rings. The second-order valence-electron chi connectivity index (χ2n) is 6.98. The summed E-state index contributed by atoms with van der Waals surface area (Å²) in [6.07, 6.45) is 5.14. The van der Waals surface area contributed by atoms with Crippen molar-refractivity contribution in [3.8, 4) is 0 Å². The minimum Gasteiger partial charge on any atom is -0.357 e. The summed E-state index contributed by atoms with van der Waals surface area (Å²) in [6, 6.07) is 3.20. The Hall–Kier alpha value is -2.38. The fourth-order valence-corrected chi connectivity index (χ4v) is 3.58. The third kappa shape index (κ3) is 5.30. The van der Waals surface area contributed by atoms with E-state index in [1.54, 1.807) is 12.3 Å². The molecule has 2 aliphatic heterocycles. The Labute approximate surface area is 160 Å². The summed E-state index contributed by atoms with van der Waals surface area (Å²) in [4.78, 5) is 24.7. The molecule has 27 heavy (non-hydrogen) atoms. The molecule has 1 atom stereocenters. The molecule has 1 aromatic rings. The van der Waals surface area contributed by atoms with Gasteiger partial charge in [-0.3, -0.25) is 9.79 Å². The Morgan fingerprint density at radius 2 is 2.19 bits per heavy atom. The smallest absolute Gasteiger partial charge is 0.224 e. The molecule has 0 aliphatic carbocycles. The molecule has 3 heterocycles. The maximum atomic E-state index is 13.9. The molecule has 2 fully saturated rings. The molecule has 1 unspecified atom stereocenters. The Bertz CT molecular complexity index is 661. The van der Waals surface area contributed by atoms with Crippen molar-refractivity contribution in [3.05, 3.63) is 24.1 Å². The molecule has 2 saturated heterocycles. The zero-order valence-electron chi connectivity index (χ0n) is 16.0. The van der Waals surface area contributed by atoms with Gasteiger partial charge in [0.15, 0.2) is 17.6 Å². The van der Waals surface area contributed by atoms with E-state index in [9.17, 15) is 9.18 Å². The van der Waals surface area contributed by atoms with Crippen molar-refractivity contribution in [1.82, 2.24) is 20.5 Å². The van der Waals surface area contributed by atoms with Gasteiger partial charge in [0.25, 0.3) is 0 Å². The monoisotopic (exact) mass is 376 g/mol. The predicted octanol–water partition coefficient (Wildman–Crippen LogP) is 1.37. The first-order valence-corrected chi connectivity index (χ1v) is 9.85. The predicted molar refractivity (Wildman–Crippen MR) is 104 cm³/mol. The van der Waals surface area contributed by atoms with Crippen molar-refractivity contribution in [2.75, 3.05) is 44.2 Å². The average molecular weight is 376 g/mol. The van der Waals surface area contributed by atoms with Gasteiger partial charge in [-0.1, -0.05) is 0 Å². The standard InChI is InChI=1S/C19H29FN6O/c1-2-21-19(23-10-7-17(27)25-11-3-4-12-25)24-15-8-13-26(14-15)18-16(20)6-5-9-22-18/h5-6,9,15H,2-4,7-8,10-14H2,1H3,(H2,21,23,24). The van der Waals surface area contributed by atoms with E-state index in [0.717, 1.165) is 45.4 Å². The van der Waals surface area contributed by atoms with Crippen LogP contribution in [0.2, 0.25) is 0 Å². The number of rotatable bonds is 6. The Morgan fingerprint density at radius 1 is 1.37 bits per heavy atom. The van der Waals surface area contributed by atoms with Crippen LogP contribution in [-0.4, -0.2) is 67.1 Å². The normalized spacial score (nSPS) is 20.2. The van der Waals surface area contributed by atoms with Crippen LogP contribution in [0.25, 0.3) is 0 Å². The lowest BCUT2D eigenvalue weighted by atomic mass is 10.3. The van der Waals surface area contributed by atoms with Crippen LogP contribution >= 0.6 is 0 Å². The fraction of sp³-hybridized carbons (Fsp3) is 0.632. The number of carbonyl (C=O) groups excluding carboxylic acids is 1. The van der Waals surface area contributed by atoms with Gasteiger partial charge in [0.05, 0.1) is 6.54 Å². The maximum absolute atomic E-state index is 13.9. The van der Waals surface area contributed by atoms with Gasteiger partial charge >= 0.3 is 0 Å². The number of carbonyl (C=O) groups is 1. The van der Waals surface area contributed by atoms with E-state index in [4.69, 9.17) is 0 Å². The molecule has 7 nitrogen and oxygen atoms in total. The van der Waals surface area contributed by atoms with Crippen molar-refractivity contribution in [2.45, 2.75) is 38.6 Å². The van der Waals surface area contributed by atoms with Crippen molar-refractivity contribution in [1.29, 1.82) is 0 Å². The van der Waals surface area contributed by atoms with E-state index in [-0.39, 0.29) is 17.8 Å². The van der Waals surface area contributed by atoms with E-state index in [2.05, 4.69) is 20.6 Å². The lowest BCUT2D eigenvalue weighted by Crippen LogP contribution is -2.45. The zero-order valence-corrected chi connectivity index (χ0v) is 16.0. The summed E-state index contributed by atoms with van der Waals surface area (Å²) in [5, 5.41) is 6.63. The van der Waals surface area contributed by atoms with Crippen LogP contribution in [0.1, 0.15) is 32.6 Å². The first-order chi connectivity index (χ1) is 13.2. The molecule has 0 bridgehead atoms. The average Bonchev–Trinajstić information content (AvgIpc) is 3.34. The number of pyridine rings is 1. The highest BCUT2D eigenvalue weighted by atomic mass is 19.1. The molecular weight excluding hydrogens is 347 g/mol. The van der Waals surface area contributed by atoms with Crippen LogP contribution in [0.3, 0.4) is 0 Å². The van der Waals surface area contributed by atoms with E-state index in [1.807, 2.05) is 16.7 Å². The van der Waals surface area contributed by atoms with Gasteiger partial charge in [0.1, 0.15) is 0 Å². The van der Waals surface area contributed by atoms with Crippen LogP contribution < -0.4 is 15.5 Å². The lowest BCUT2D eigenvalue weighted by Gasteiger charge is -2.20. The highest BCUT2D eigenvalue weighted by Gasteiger charge is 2.26. The van der Waals surface area contributed by atoms with Crippen molar-refractivity contribution < 1.29 is 9.18 Å². The number of nitrogens with zero attached hydrogens (tertiary/aromatic N) is 4. The molecule has 1 amide bonds. The Morgan fingerprint density at radius 3 is 2.93 bits per heavy atom. The van der Waals surface area contributed by atoms with E-state index >= 15 is 0 Å². The van der Waals surface area contributed by atoms with Crippen LogP contribution in [0.15, 0.2) is 23.3 Å². The summed E-state index contributed by atoms with van der Waals surface area (Å²) in [5.41, 5.74) is 0. The van der Waals surface area contributed by atoms with Gasteiger partial charge in [-0.05, 0) is 38.3 Å². The van der Waals surface area contributed by atoms with Crippen LogP contribution in [0.4, 0.5) is 10.2 Å². The number of hydrogen-bond donors (Lipinski definition) is 2. The number of anilines is 1. The van der Waals surface area contributed by atoms with Crippen LogP contribution in [0, 0.1) is 5.82 Å². The molecule has 0 spiro atoms. The van der Waals surface area contributed by atoms with Crippen molar-refractivity contribution in [3.63, 3.8) is 0 Å². The molecule has 0 aromatic carbocycles. The number of hydrogen-bond acceptors (Lipinski definition) is 4. The van der Waals surface area contributed by atoms with E-state index < -0.39 is 0 Å². The quantitative estimate of drug-likeness (QED) is 0.580. The van der Waals surface area contributed by atoms with Gasteiger partial charge in [0.2, 0.25) is 5.91 Å². The number of amides is 1. The summed E-state index contributed by atoms with van der Waals surface area (Å²) >= 11 is 0. The second-order valence-corrected chi connectivity index (χ2v) is 6.98. The molecule has 2 N–H and O–H groups in total. The molecule has 0 saturated carbocycles. The molecule has 0 radical (unpaired) electrons. The first-order valence-electron chi connectivity index (χ1n) is 9.85. The van der Waals surface area contributed by atoms with Crippen molar-refractivity contribution >= 4 is 17.7 Å². The molecule has 148 valence electrons. The van der Waals surface area contributed by atoms with Crippen molar-refractivity contribution in [2.24, 2.45) is 4.99 Å². The SMILES string of the molecule is CCNC(=NCCC(=O)N1CCCC1)NC1CCN(c2ncccc2F)C1. The number of aromatic nitrogens is 1. The minimum absolute atomic E-state index is 0.165. The second kappa shape index (κ2) is 9.53. The summed E-state index contributed by atoms with van der Waals surface area (Å²) in [7, 11) is 0. The molecule has 8 heteroatoms. The van der Waals surface area contributed by atoms with Crippen LogP contribution in [0.5, 0.6) is 0 Å². The van der Waals surface area contributed by atoms with E-state index in [1.165, 1.54) is 6.07 Å². The zero-order chi connectivity index (χ0) is 19.1. The highest BCUT2D eigenvalue weighted by Crippen LogP contribution is 2.20. The Balaban J connectivity index is 1.50. The topological polar surface area (TPSA) is 72.9 Å². The van der Waals surface area contributed by atoms with Gasteiger partial charge in [0, 0.05) is 51.4 Å². The number of halogens is 1. The van der Waals surface area contributed by atoms with Gasteiger partial charge in [-0.2, -0.15) is 0 Å². The number of nitrogens with one attached hydrogen (secondary N) is 2. The largest absolute Gasteiger partial charge is 0.357 e. The van der Waals surface area contributed by atoms with E-state index in [0.29, 0.717) is 31.3 Å².